The van der Waals surface area contributed by atoms with Gasteiger partial charge in [0.25, 0.3) is 0 Å². The van der Waals surface area contributed by atoms with Crippen LogP contribution in [0.3, 0.4) is 0 Å². The predicted octanol–water partition coefficient (Wildman–Crippen LogP) is 0.853. The second-order valence-electron chi connectivity index (χ2n) is 5.92. The highest BCUT2D eigenvalue weighted by Crippen LogP contribution is 2.24. The van der Waals surface area contributed by atoms with Gasteiger partial charge in [0.15, 0.2) is 0 Å². The van der Waals surface area contributed by atoms with Gasteiger partial charge >= 0.3 is 7.12 Å². The summed E-state index contributed by atoms with van der Waals surface area (Å²) in [5.74, 6) is 2.19. The van der Waals surface area contributed by atoms with E-state index in [1.54, 1.807) is 19.2 Å². The zero-order valence-corrected chi connectivity index (χ0v) is 12.5. The molecule has 4 nitrogen and oxygen atoms in total. The molecule has 0 amide bonds. The summed E-state index contributed by atoms with van der Waals surface area (Å²) >= 11 is 0. The third-order valence-corrected chi connectivity index (χ3v) is 4.44. The monoisotopic (exact) mass is 277 g/mol. The number of methoxy groups -OCH3 is 1. The van der Waals surface area contributed by atoms with E-state index in [0.29, 0.717) is 11.4 Å². The largest absolute Gasteiger partial charge is 0.497 e. The van der Waals surface area contributed by atoms with Crippen molar-refractivity contribution in [2.45, 2.75) is 26.8 Å². The van der Waals surface area contributed by atoms with Crippen molar-refractivity contribution in [1.29, 1.82) is 0 Å². The topological polar surface area (TPSA) is 52.9 Å². The molecule has 1 saturated heterocycles. The SMILES string of the molecule is COc1ccc(B(O)O)c(CN2CCC(C)C(C)C2)c1. The summed E-state index contributed by atoms with van der Waals surface area (Å²) in [6.07, 6.45) is 1.20. The van der Waals surface area contributed by atoms with Crippen LogP contribution in [0.2, 0.25) is 0 Å². The molecule has 2 rings (SSSR count). The van der Waals surface area contributed by atoms with E-state index in [1.165, 1.54) is 6.42 Å². The molecule has 2 atom stereocenters. The molecule has 1 aromatic carbocycles. The van der Waals surface area contributed by atoms with Crippen molar-refractivity contribution >= 4 is 12.6 Å². The van der Waals surface area contributed by atoms with Crippen LogP contribution < -0.4 is 10.2 Å². The molecular formula is C15H24BNO3. The zero-order valence-electron chi connectivity index (χ0n) is 12.5. The molecular weight excluding hydrogens is 253 g/mol. The molecule has 0 bridgehead atoms. The molecule has 0 spiro atoms. The smallest absolute Gasteiger partial charge is 0.488 e. The lowest BCUT2D eigenvalue weighted by molar-refractivity contribution is 0.132. The van der Waals surface area contributed by atoms with Gasteiger partial charge in [-0.2, -0.15) is 0 Å². The lowest BCUT2D eigenvalue weighted by atomic mass is 9.76. The first kappa shape index (κ1) is 15.4. The number of hydrogen-bond acceptors (Lipinski definition) is 4. The van der Waals surface area contributed by atoms with Crippen molar-refractivity contribution in [3.63, 3.8) is 0 Å². The van der Waals surface area contributed by atoms with Gasteiger partial charge in [0.1, 0.15) is 5.75 Å². The molecule has 1 fully saturated rings. The standard InChI is InChI=1S/C15H24BNO3/c1-11-6-7-17(9-12(11)2)10-13-8-14(20-3)4-5-15(13)16(18)19/h4-5,8,11-12,18-19H,6-7,9-10H2,1-3H3. The molecule has 20 heavy (non-hydrogen) atoms. The summed E-state index contributed by atoms with van der Waals surface area (Å²) in [5.41, 5.74) is 1.50. The maximum atomic E-state index is 9.49. The van der Waals surface area contributed by atoms with Gasteiger partial charge in [-0.05, 0) is 48.0 Å². The highest BCUT2D eigenvalue weighted by atomic mass is 16.5. The predicted molar refractivity (Wildman–Crippen MR) is 81.0 cm³/mol. The minimum absolute atomic E-state index is 0.567. The molecule has 1 heterocycles. The number of benzene rings is 1. The molecule has 0 aliphatic carbocycles. The van der Waals surface area contributed by atoms with E-state index in [-0.39, 0.29) is 0 Å². The Kier molecular flexibility index (Phi) is 5.08. The maximum absolute atomic E-state index is 9.49. The van der Waals surface area contributed by atoms with Gasteiger partial charge in [0, 0.05) is 13.1 Å². The number of rotatable bonds is 4. The second-order valence-corrected chi connectivity index (χ2v) is 5.92. The number of ether oxygens (including phenoxy) is 1. The van der Waals surface area contributed by atoms with E-state index >= 15 is 0 Å². The molecule has 110 valence electrons. The number of piperidine rings is 1. The van der Waals surface area contributed by atoms with Gasteiger partial charge in [0.05, 0.1) is 7.11 Å². The van der Waals surface area contributed by atoms with Crippen LogP contribution in [0.5, 0.6) is 5.75 Å². The van der Waals surface area contributed by atoms with Crippen LogP contribution in [0.4, 0.5) is 0 Å². The maximum Gasteiger partial charge on any atom is 0.488 e. The summed E-state index contributed by atoms with van der Waals surface area (Å²) in [4.78, 5) is 2.38. The third-order valence-electron chi connectivity index (χ3n) is 4.44. The molecule has 1 aliphatic heterocycles. The minimum atomic E-state index is -1.43. The molecule has 1 aromatic rings. The Morgan fingerprint density at radius 2 is 2.05 bits per heavy atom. The Labute approximate surface area is 121 Å². The number of likely N-dealkylation sites (tertiary alicyclic amines) is 1. The van der Waals surface area contributed by atoms with Crippen LogP contribution in [0.25, 0.3) is 0 Å². The first-order valence-corrected chi connectivity index (χ1v) is 7.26. The van der Waals surface area contributed by atoms with Gasteiger partial charge in [-0.3, -0.25) is 4.90 Å². The Morgan fingerprint density at radius 1 is 1.30 bits per heavy atom. The van der Waals surface area contributed by atoms with Crippen LogP contribution in [0.1, 0.15) is 25.8 Å². The highest BCUT2D eigenvalue weighted by molar-refractivity contribution is 6.59. The van der Waals surface area contributed by atoms with E-state index < -0.39 is 7.12 Å². The van der Waals surface area contributed by atoms with Gasteiger partial charge in [-0.25, -0.2) is 0 Å². The fraction of sp³-hybridized carbons (Fsp3) is 0.600. The molecule has 1 aliphatic rings. The minimum Gasteiger partial charge on any atom is -0.497 e. The fourth-order valence-electron chi connectivity index (χ4n) is 2.83. The Morgan fingerprint density at radius 3 is 2.65 bits per heavy atom. The summed E-state index contributed by atoms with van der Waals surface area (Å²) in [6.45, 7) is 7.44. The van der Waals surface area contributed by atoms with Crippen LogP contribution in [-0.2, 0) is 6.54 Å². The summed E-state index contributed by atoms with van der Waals surface area (Å²) < 4.78 is 5.24. The summed E-state index contributed by atoms with van der Waals surface area (Å²) in [7, 11) is 0.191. The number of hydrogen-bond donors (Lipinski definition) is 2. The normalized spacial score (nSPS) is 23.6. The Balaban J connectivity index is 2.15. The van der Waals surface area contributed by atoms with Crippen molar-refractivity contribution in [2.24, 2.45) is 11.8 Å². The van der Waals surface area contributed by atoms with Gasteiger partial charge in [0.2, 0.25) is 0 Å². The number of nitrogens with zero attached hydrogens (tertiary/aromatic N) is 1. The quantitative estimate of drug-likeness (QED) is 0.801. The van der Waals surface area contributed by atoms with Gasteiger partial charge < -0.3 is 14.8 Å². The average Bonchev–Trinajstić information content (AvgIpc) is 2.42. The molecule has 2 unspecified atom stereocenters. The van der Waals surface area contributed by atoms with Gasteiger partial charge in [-0.1, -0.05) is 19.9 Å². The van der Waals surface area contributed by atoms with E-state index in [0.717, 1.165) is 36.9 Å². The first-order chi connectivity index (χ1) is 9.51. The van der Waals surface area contributed by atoms with Crippen LogP contribution in [0.15, 0.2) is 18.2 Å². The molecule has 0 aromatic heterocycles. The van der Waals surface area contributed by atoms with Gasteiger partial charge in [-0.15, -0.1) is 0 Å². The van der Waals surface area contributed by atoms with E-state index in [1.807, 2.05) is 6.07 Å². The zero-order chi connectivity index (χ0) is 14.7. The summed E-state index contributed by atoms with van der Waals surface area (Å²) in [5, 5.41) is 19.0. The van der Waals surface area contributed by atoms with Crippen LogP contribution in [0, 0.1) is 11.8 Å². The first-order valence-electron chi connectivity index (χ1n) is 7.26. The molecule has 5 heteroatoms. The lowest BCUT2D eigenvalue weighted by Gasteiger charge is -2.35. The van der Waals surface area contributed by atoms with Crippen LogP contribution in [-0.4, -0.2) is 42.3 Å². The Bertz CT molecular complexity index is 453. The Hall–Kier alpha value is -1.04. The molecule has 0 saturated carbocycles. The summed E-state index contributed by atoms with van der Waals surface area (Å²) in [6, 6.07) is 5.39. The third kappa shape index (κ3) is 3.54. The fourth-order valence-corrected chi connectivity index (χ4v) is 2.83. The van der Waals surface area contributed by atoms with Crippen molar-refractivity contribution in [3.8, 4) is 5.75 Å². The van der Waals surface area contributed by atoms with Crippen molar-refractivity contribution in [3.05, 3.63) is 23.8 Å². The lowest BCUT2D eigenvalue weighted by Crippen LogP contribution is -2.41. The van der Waals surface area contributed by atoms with E-state index in [9.17, 15) is 10.0 Å². The van der Waals surface area contributed by atoms with Crippen molar-refractivity contribution in [1.82, 2.24) is 4.90 Å². The van der Waals surface area contributed by atoms with Crippen LogP contribution >= 0.6 is 0 Å². The van der Waals surface area contributed by atoms with E-state index in [4.69, 9.17) is 4.74 Å². The van der Waals surface area contributed by atoms with Crippen molar-refractivity contribution < 1.29 is 14.8 Å². The highest BCUT2D eigenvalue weighted by Gasteiger charge is 2.24. The van der Waals surface area contributed by atoms with Crippen molar-refractivity contribution in [2.75, 3.05) is 20.2 Å². The average molecular weight is 277 g/mol. The second kappa shape index (κ2) is 6.61. The van der Waals surface area contributed by atoms with E-state index in [2.05, 4.69) is 18.7 Å². The molecule has 0 radical (unpaired) electrons. The molecule has 2 N–H and O–H groups in total.